The number of sulfonamides is 1. The van der Waals surface area contributed by atoms with Gasteiger partial charge in [-0.1, -0.05) is 0 Å². The molecule has 0 spiro atoms. The van der Waals surface area contributed by atoms with Crippen LogP contribution in [0.3, 0.4) is 0 Å². The minimum Gasteiger partial charge on any atom is -0.495 e. The lowest BCUT2D eigenvalue weighted by molar-refractivity contribution is -0.114. The highest BCUT2D eigenvalue weighted by Gasteiger charge is 2.14. The lowest BCUT2D eigenvalue weighted by Gasteiger charge is -2.14. The topological polar surface area (TPSA) is 117 Å². The van der Waals surface area contributed by atoms with Crippen molar-refractivity contribution in [2.45, 2.75) is 6.92 Å². The molecule has 0 aromatic heterocycles. The minimum absolute atomic E-state index is 0.0416. The number of rotatable bonds is 7. The molecule has 0 radical (unpaired) electrons. The smallest absolute Gasteiger partial charge is 0.319 e. The van der Waals surface area contributed by atoms with Crippen molar-refractivity contribution < 1.29 is 22.7 Å². The van der Waals surface area contributed by atoms with E-state index in [0.29, 0.717) is 17.1 Å². The summed E-state index contributed by atoms with van der Waals surface area (Å²) in [4.78, 5) is 23.0. The third-order valence-electron chi connectivity index (χ3n) is 2.97. The number of urea groups is 1. The zero-order chi connectivity index (χ0) is 18.3. The minimum atomic E-state index is -3.38. The normalized spacial score (nSPS) is 11.0. The molecular formula is C14H22N4O5S. The van der Waals surface area contributed by atoms with Gasteiger partial charge in [0.05, 0.1) is 18.6 Å². The van der Waals surface area contributed by atoms with Gasteiger partial charge in [-0.2, -0.15) is 0 Å². The molecule has 0 saturated carbocycles. The third-order valence-corrected chi connectivity index (χ3v) is 4.80. The van der Waals surface area contributed by atoms with E-state index in [4.69, 9.17) is 4.74 Å². The largest absolute Gasteiger partial charge is 0.495 e. The maximum absolute atomic E-state index is 11.9. The fraction of sp³-hybridized carbons (Fsp3) is 0.429. The van der Waals surface area contributed by atoms with E-state index in [0.717, 1.165) is 4.31 Å². The maximum Gasteiger partial charge on any atom is 0.319 e. The van der Waals surface area contributed by atoms with Crippen LogP contribution >= 0.6 is 0 Å². The number of methoxy groups -OCH3 is 1. The molecular weight excluding hydrogens is 336 g/mol. The fourth-order valence-electron chi connectivity index (χ4n) is 1.73. The summed E-state index contributed by atoms with van der Waals surface area (Å²) in [6.07, 6.45) is 0. The van der Waals surface area contributed by atoms with Gasteiger partial charge >= 0.3 is 6.03 Å². The van der Waals surface area contributed by atoms with E-state index in [9.17, 15) is 18.0 Å². The van der Waals surface area contributed by atoms with E-state index in [1.54, 1.807) is 12.1 Å². The number of ether oxygens (including phenoxy) is 1. The Morgan fingerprint density at radius 1 is 1.21 bits per heavy atom. The Kier molecular flexibility index (Phi) is 6.98. The van der Waals surface area contributed by atoms with Gasteiger partial charge in [0.2, 0.25) is 15.9 Å². The molecule has 1 aromatic carbocycles. The summed E-state index contributed by atoms with van der Waals surface area (Å²) in [6, 6.07) is 4.18. The quantitative estimate of drug-likeness (QED) is 0.662. The molecule has 9 nitrogen and oxygen atoms in total. The van der Waals surface area contributed by atoms with Crippen LogP contribution in [0.5, 0.6) is 5.75 Å². The number of hydrogen-bond acceptors (Lipinski definition) is 5. The molecule has 24 heavy (non-hydrogen) atoms. The van der Waals surface area contributed by atoms with Gasteiger partial charge in [-0.25, -0.2) is 17.5 Å². The van der Waals surface area contributed by atoms with Crippen molar-refractivity contribution in [3.05, 3.63) is 18.2 Å². The van der Waals surface area contributed by atoms with Gasteiger partial charge in [0.15, 0.2) is 0 Å². The molecule has 134 valence electrons. The van der Waals surface area contributed by atoms with Crippen LogP contribution < -0.4 is 20.7 Å². The summed E-state index contributed by atoms with van der Waals surface area (Å²) in [5.74, 6) is -0.0548. The second-order valence-electron chi connectivity index (χ2n) is 5.08. The average Bonchev–Trinajstić information content (AvgIpc) is 2.46. The number of nitrogens with one attached hydrogen (secondary N) is 3. The first-order chi connectivity index (χ1) is 11.2. The molecule has 0 aliphatic heterocycles. The Bertz CT molecular complexity index is 703. The first kappa shape index (κ1) is 19.7. The molecule has 0 aliphatic carbocycles. The van der Waals surface area contributed by atoms with Crippen molar-refractivity contribution in [1.82, 2.24) is 9.62 Å². The first-order valence-electron chi connectivity index (χ1n) is 7.06. The number of hydrogen-bond donors (Lipinski definition) is 3. The molecule has 0 atom stereocenters. The second kappa shape index (κ2) is 8.50. The highest BCUT2D eigenvalue weighted by molar-refractivity contribution is 7.89. The van der Waals surface area contributed by atoms with Gasteiger partial charge in [-0.15, -0.1) is 0 Å². The highest BCUT2D eigenvalue weighted by atomic mass is 32.2. The van der Waals surface area contributed by atoms with Crippen LogP contribution in [-0.2, 0) is 14.8 Å². The Labute approximate surface area is 141 Å². The van der Waals surface area contributed by atoms with E-state index < -0.39 is 16.1 Å². The summed E-state index contributed by atoms with van der Waals surface area (Å²) >= 11 is 0. The summed E-state index contributed by atoms with van der Waals surface area (Å²) in [7, 11) is 0.912. The molecule has 0 heterocycles. The molecule has 10 heteroatoms. The zero-order valence-electron chi connectivity index (χ0n) is 14.0. The highest BCUT2D eigenvalue weighted by Crippen LogP contribution is 2.27. The van der Waals surface area contributed by atoms with Crippen LogP contribution in [0.15, 0.2) is 18.2 Å². The molecule has 1 aromatic rings. The molecule has 1 rings (SSSR count). The van der Waals surface area contributed by atoms with Crippen molar-refractivity contribution >= 4 is 33.3 Å². The van der Waals surface area contributed by atoms with Crippen LogP contribution in [0.1, 0.15) is 6.92 Å². The molecule has 3 amide bonds. The third kappa shape index (κ3) is 6.05. The second-order valence-corrected chi connectivity index (χ2v) is 7.38. The molecule has 0 unspecified atom stereocenters. The Morgan fingerprint density at radius 3 is 2.42 bits per heavy atom. The van der Waals surface area contributed by atoms with Crippen LogP contribution in [0.4, 0.5) is 16.2 Å². The Hall–Kier alpha value is -2.33. The van der Waals surface area contributed by atoms with Crippen LogP contribution in [-0.4, -0.2) is 58.2 Å². The number of benzene rings is 1. The molecule has 0 saturated heterocycles. The van der Waals surface area contributed by atoms with E-state index in [1.807, 2.05) is 0 Å². The lowest BCUT2D eigenvalue weighted by Crippen LogP contribution is -2.36. The van der Waals surface area contributed by atoms with E-state index in [2.05, 4.69) is 16.0 Å². The van der Waals surface area contributed by atoms with Gasteiger partial charge in [-0.3, -0.25) is 4.79 Å². The van der Waals surface area contributed by atoms with Crippen molar-refractivity contribution in [3.8, 4) is 5.75 Å². The van der Waals surface area contributed by atoms with Crippen LogP contribution in [0, 0.1) is 0 Å². The fourth-order valence-corrected chi connectivity index (χ4v) is 2.45. The maximum atomic E-state index is 11.9. The summed E-state index contributed by atoms with van der Waals surface area (Å²) in [5.41, 5.74) is 0.838. The van der Waals surface area contributed by atoms with Crippen LogP contribution in [0.2, 0.25) is 0 Å². The average molecular weight is 358 g/mol. The van der Waals surface area contributed by atoms with Gasteiger partial charge in [0, 0.05) is 33.3 Å². The number of amides is 3. The van der Waals surface area contributed by atoms with Crippen molar-refractivity contribution in [2.24, 2.45) is 0 Å². The van der Waals surface area contributed by atoms with Crippen LogP contribution in [0.25, 0.3) is 0 Å². The van der Waals surface area contributed by atoms with E-state index >= 15 is 0 Å². The number of carbonyl (C=O) groups is 2. The van der Waals surface area contributed by atoms with E-state index in [1.165, 1.54) is 34.2 Å². The number of anilines is 2. The SMILES string of the molecule is COc1ccc(NC(C)=O)cc1NC(=O)NCCS(=O)(=O)N(C)C. The van der Waals surface area contributed by atoms with Gasteiger partial charge in [-0.05, 0) is 18.2 Å². The van der Waals surface area contributed by atoms with Crippen molar-refractivity contribution in [1.29, 1.82) is 0 Å². The summed E-state index contributed by atoms with van der Waals surface area (Å²) in [6.45, 7) is 1.33. The van der Waals surface area contributed by atoms with E-state index in [-0.39, 0.29) is 18.2 Å². The Morgan fingerprint density at radius 2 is 1.88 bits per heavy atom. The number of carbonyl (C=O) groups excluding carboxylic acids is 2. The predicted octanol–water partition coefficient (Wildman–Crippen LogP) is 0.666. The monoisotopic (exact) mass is 358 g/mol. The molecule has 0 fully saturated rings. The van der Waals surface area contributed by atoms with Gasteiger partial charge < -0.3 is 20.7 Å². The molecule has 0 bridgehead atoms. The Balaban J connectivity index is 2.70. The first-order valence-corrected chi connectivity index (χ1v) is 8.67. The van der Waals surface area contributed by atoms with Gasteiger partial charge in [0.25, 0.3) is 0 Å². The predicted molar refractivity (Wildman–Crippen MR) is 91.8 cm³/mol. The molecule has 3 N–H and O–H groups in total. The summed E-state index contributed by atoms with van der Waals surface area (Å²) < 4.78 is 29.5. The summed E-state index contributed by atoms with van der Waals surface area (Å²) in [5, 5.41) is 7.60. The van der Waals surface area contributed by atoms with Gasteiger partial charge in [0.1, 0.15) is 5.75 Å². The zero-order valence-corrected chi connectivity index (χ0v) is 14.9. The standard InChI is InChI=1S/C14H22N4O5S/c1-10(19)16-11-5-6-13(23-4)12(9-11)17-14(20)15-7-8-24(21,22)18(2)3/h5-6,9H,7-8H2,1-4H3,(H,16,19)(H2,15,17,20). The van der Waals surface area contributed by atoms with Crippen molar-refractivity contribution in [2.75, 3.05) is 44.1 Å². The number of nitrogens with zero attached hydrogens (tertiary/aromatic N) is 1. The molecule has 0 aliphatic rings. The van der Waals surface area contributed by atoms with Crippen molar-refractivity contribution in [3.63, 3.8) is 0 Å². The lowest BCUT2D eigenvalue weighted by atomic mass is 10.2.